The average Bonchev–Trinajstić information content (AvgIpc) is 2.39. The van der Waals surface area contributed by atoms with Crippen LogP contribution in [0.3, 0.4) is 0 Å². The SMILES string of the molecule is [C-]#[N+]C([N+]#[C-])=C(COCc1ccccc1)OC. The lowest BCUT2D eigenvalue weighted by Gasteiger charge is -2.05. The van der Waals surface area contributed by atoms with Crippen LogP contribution in [0.5, 0.6) is 0 Å². The second-order valence-corrected chi connectivity index (χ2v) is 3.15. The summed E-state index contributed by atoms with van der Waals surface area (Å²) in [6.45, 7) is 14.2. The van der Waals surface area contributed by atoms with Crippen LogP contribution in [0.2, 0.25) is 0 Å². The molecule has 0 aliphatic carbocycles. The fraction of sp³-hybridized carbons (Fsp3) is 0.231. The van der Waals surface area contributed by atoms with E-state index >= 15 is 0 Å². The first-order valence-electron chi connectivity index (χ1n) is 4.95. The Hall–Kier alpha value is -2.30. The molecule has 0 saturated carbocycles. The molecule has 0 saturated heterocycles. The molecule has 17 heavy (non-hydrogen) atoms. The van der Waals surface area contributed by atoms with Crippen molar-refractivity contribution in [2.24, 2.45) is 0 Å². The van der Waals surface area contributed by atoms with Gasteiger partial charge in [-0.25, -0.2) is 0 Å². The van der Waals surface area contributed by atoms with Gasteiger partial charge in [-0.05, 0) is 5.56 Å². The molecule has 0 atom stereocenters. The third-order valence-corrected chi connectivity index (χ3v) is 2.05. The van der Waals surface area contributed by atoms with Crippen LogP contribution in [-0.4, -0.2) is 13.7 Å². The van der Waals surface area contributed by atoms with Gasteiger partial charge in [0, 0.05) is 0 Å². The van der Waals surface area contributed by atoms with Crippen LogP contribution in [0.4, 0.5) is 0 Å². The summed E-state index contributed by atoms with van der Waals surface area (Å²) in [5.41, 5.74) is 1.04. The topological polar surface area (TPSA) is 27.2 Å². The van der Waals surface area contributed by atoms with Gasteiger partial charge >= 0.3 is 5.82 Å². The standard InChI is InChI=1S/C13H12N2O2/c1-14-13(15-2)12(16-3)10-17-9-11-7-5-4-6-8-11/h4-8H,9-10H2,3H3. The molecule has 0 aliphatic rings. The zero-order valence-electron chi connectivity index (χ0n) is 9.51. The number of methoxy groups -OCH3 is 1. The van der Waals surface area contributed by atoms with E-state index in [1.54, 1.807) is 0 Å². The number of hydrogen-bond donors (Lipinski definition) is 0. The van der Waals surface area contributed by atoms with Crippen molar-refractivity contribution in [1.82, 2.24) is 0 Å². The quantitative estimate of drug-likeness (QED) is 0.572. The summed E-state index contributed by atoms with van der Waals surface area (Å²) >= 11 is 0. The minimum atomic E-state index is -0.0828. The smallest absolute Gasteiger partial charge is 0.503 e. The molecule has 0 aromatic heterocycles. The third-order valence-electron chi connectivity index (χ3n) is 2.05. The van der Waals surface area contributed by atoms with Crippen LogP contribution < -0.4 is 0 Å². The minimum Gasteiger partial charge on any atom is -0.503 e. The maximum absolute atomic E-state index is 6.81. The predicted octanol–water partition coefficient (Wildman–Crippen LogP) is 2.86. The maximum atomic E-state index is 6.81. The fourth-order valence-corrected chi connectivity index (χ4v) is 1.20. The van der Waals surface area contributed by atoms with Gasteiger partial charge in [0.2, 0.25) is 5.76 Å². The molecule has 0 amide bonds. The fourth-order valence-electron chi connectivity index (χ4n) is 1.20. The summed E-state index contributed by atoms with van der Waals surface area (Å²) in [6, 6.07) is 9.67. The Labute approximate surface area is 101 Å². The molecule has 0 radical (unpaired) electrons. The van der Waals surface area contributed by atoms with E-state index in [1.807, 2.05) is 30.3 Å². The molecular formula is C13H12N2O2. The Kier molecular flexibility index (Phi) is 5.30. The Morgan fingerprint density at radius 3 is 2.35 bits per heavy atom. The van der Waals surface area contributed by atoms with Crippen molar-refractivity contribution >= 4 is 0 Å². The van der Waals surface area contributed by atoms with Crippen LogP contribution >= 0.6 is 0 Å². The molecule has 0 unspecified atom stereocenters. The van der Waals surface area contributed by atoms with E-state index in [1.165, 1.54) is 7.11 Å². The number of benzene rings is 1. The van der Waals surface area contributed by atoms with E-state index in [4.69, 9.17) is 22.6 Å². The molecule has 0 N–H and O–H groups in total. The first-order chi connectivity index (χ1) is 8.31. The molecule has 1 aromatic rings. The molecule has 1 aromatic carbocycles. The molecule has 1 rings (SSSR count). The lowest BCUT2D eigenvalue weighted by atomic mass is 10.2. The summed E-state index contributed by atoms with van der Waals surface area (Å²) in [7, 11) is 1.43. The van der Waals surface area contributed by atoms with Crippen molar-refractivity contribution in [3.05, 3.63) is 70.3 Å². The highest BCUT2D eigenvalue weighted by atomic mass is 16.5. The van der Waals surface area contributed by atoms with E-state index in [-0.39, 0.29) is 18.2 Å². The summed E-state index contributed by atoms with van der Waals surface area (Å²) in [6.07, 6.45) is 0. The van der Waals surface area contributed by atoms with Gasteiger partial charge in [0.15, 0.2) is 0 Å². The number of hydrogen-bond acceptors (Lipinski definition) is 2. The van der Waals surface area contributed by atoms with Crippen molar-refractivity contribution in [3.63, 3.8) is 0 Å². The van der Waals surface area contributed by atoms with Gasteiger partial charge < -0.3 is 9.47 Å². The molecule has 0 bridgehead atoms. The monoisotopic (exact) mass is 228 g/mol. The van der Waals surface area contributed by atoms with Gasteiger partial charge in [-0.1, -0.05) is 30.3 Å². The van der Waals surface area contributed by atoms with Crippen molar-refractivity contribution in [1.29, 1.82) is 0 Å². The van der Waals surface area contributed by atoms with Gasteiger partial charge in [0.25, 0.3) is 0 Å². The highest BCUT2D eigenvalue weighted by molar-refractivity contribution is 5.22. The van der Waals surface area contributed by atoms with Crippen LogP contribution in [0, 0.1) is 13.1 Å². The summed E-state index contributed by atoms with van der Waals surface area (Å²) in [5, 5.41) is 0. The second-order valence-electron chi connectivity index (χ2n) is 3.15. The second kappa shape index (κ2) is 7.05. The van der Waals surface area contributed by atoms with E-state index in [2.05, 4.69) is 9.69 Å². The third kappa shape index (κ3) is 3.98. The predicted molar refractivity (Wildman–Crippen MR) is 63.3 cm³/mol. The molecular weight excluding hydrogens is 216 g/mol. The lowest BCUT2D eigenvalue weighted by molar-refractivity contribution is 0.102. The summed E-state index contributed by atoms with van der Waals surface area (Å²) in [5.74, 6) is 0.187. The molecule has 0 fully saturated rings. The molecule has 86 valence electrons. The maximum Gasteiger partial charge on any atom is 0.559 e. The van der Waals surface area contributed by atoms with Gasteiger partial charge in [0.05, 0.1) is 13.7 Å². The van der Waals surface area contributed by atoms with Crippen LogP contribution in [-0.2, 0) is 16.1 Å². The Morgan fingerprint density at radius 2 is 1.82 bits per heavy atom. The largest absolute Gasteiger partial charge is 0.559 e. The number of nitrogens with zero attached hydrogens (tertiary/aromatic N) is 2. The van der Waals surface area contributed by atoms with E-state index in [9.17, 15) is 0 Å². The van der Waals surface area contributed by atoms with Gasteiger partial charge in [-0.3, -0.25) is 0 Å². The lowest BCUT2D eigenvalue weighted by Crippen LogP contribution is -2.02. The summed E-state index contributed by atoms with van der Waals surface area (Å²) < 4.78 is 10.3. The highest BCUT2D eigenvalue weighted by Gasteiger charge is 2.15. The normalized spacial score (nSPS) is 8.88. The van der Waals surface area contributed by atoms with Crippen LogP contribution in [0.1, 0.15) is 5.56 Å². The van der Waals surface area contributed by atoms with Gasteiger partial charge in [-0.15, -0.1) is 0 Å². The average molecular weight is 228 g/mol. The van der Waals surface area contributed by atoms with Crippen molar-refractivity contribution < 1.29 is 9.47 Å². The van der Waals surface area contributed by atoms with Crippen LogP contribution in [0.25, 0.3) is 9.69 Å². The minimum absolute atomic E-state index is 0.0828. The van der Waals surface area contributed by atoms with Crippen molar-refractivity contribution in [3.8, 4) is 0 Å². The Balaban J connectivity index is 2.54. The Morgan fingerprint density at radius 1 is 1.18 bits per heavy atom. The zero-order chi connectivity index (χ0) is 12.5. The van der Waals surface area contributed by atoms with Crippen molar-refractivity contribution in [2.75, 3.05) is 13.7 Å². The van der Waals surface area contributed by atoms with E-state index in [0.29, 0.717) is 6.61 Å². The Bertz CT molecular complexity index is 450. The molecule has 0 spiro atoms. The first-order valence-corrected chi connectivity index (χ1v) is 4.95. The van der Waals surface area contributed by atoms with Gasteiger partial charge in [0.1, 0.15) is 19.8 Å². The van der Waals surface area contributed by atoms with E-state index in [0.717, 1.165) is 5.56 Å². The first kappa shape index (κ1) is 12.8. The van der Waals surface area contributed by atoms with Gasteiger partial charge in [-0.2, -0.15) is 9.69 Å². The molecule has 0 aliphatic heterocycles. The number of rotatable bonds is 5. The molecule has 4 heteroatoms. The summed E-state index contributed by atoms with van der Waals surface area (Å²) in [4.78, 5) is 6.15. The van der Waals surface area contributed by atoms with Crippen molar-refractivity contribution in [2.45, 2.75) is 6.61 Å². The van der Waals surface area contributed by atoms with E-state index < -0.39 is 0 Å². The zero-order valence-corrected chi connectivity index (χ0v) is 9.51. The molecule has 4 nitrogen and oxygen atoms in total. The number of ether oxygens (including phenoxy) is 2. The highest BCUT2D eigenvalue weighted by Crippen LogP contribution is 2.10. The molecule has 0 heterocycles. The van der Waals surface area contributed by atoms with Crippen LogP contribution in [0.15, 0.2) is 41.9 Å².